The van der Waals surface area contributed by atoms with Crippen LogP contribution in [0.1, 0.15) is 34.6 Å². The van der Waals surface area contributed by atoms with Crippen molar-refractivity contribution in [3.05, 3.63) is 21.8 Å². The van der Waals surface area contributed by atoms with Crippen molar-refractivity contribution in [1.29, 1.82) is 0 Å². The lowest BCUT2D eigenvalue weighted by molar-refractivity contribution is -0.161. The maximum absolute atomic E-state index is 12.3. The van der Waals surface area contributed by atoms with E-state index in [1.54, 1.807) is 67.8 Å². The number of carbonyl (C=O) groups excluding carboxylic acids is 3. The number of benzene rings is 1. The van der Waals surface area contributed by atoms with Crippen molar-refractivity contribution in [2.75, 3.05) is 5.73 Å². The number of hydrogen-bond donors (Lipinski definition) is 2. The monoisotopic (exact) mass is 673 g/mol. The van der Waals surface area contributed by atoms with Gasteiger partial charge in [0.1, 0.15) is 0 Å². The number of anilines is 1. The zero-order chi connectivity index (χ0) is 18.8. The largest absolute Gasteiger partial charge is 0.478 e. The van der Waals surface area contributed by atoms with Gasteiger partial charge in [0.2, 0.25) is 0 Å². The smallest absolute Gasteiger partial charge is 0.355 e. The lowest BCUT2D eigenvalue weighted by atomic mass is 10.1. The Morgan fingerprint density at radius 3 is 2.00 bits per heavy atom. The molecule has 0 saturated heterocycles. The Hall–Kier alpha value is -0.710. The summed E-state index contributed by atoms with van der Waals surface area (Å²) in [6.07, 6.45) is -1.28. The summed E-state index contributed by atoms with van der Waals surface area (Å²) in [6, 6.07) is 0. The van der Waals surface area contributed by atoms with Crippen LogP contribution in [0.5, 0.6) is 0 Å². The van der Waals surface area contributed by atoms with Crippen LogP contribution in [0, 0.1) is 10.7 Å². The predicted molar refractivity (Wildman–Crippen MR) is 108 cm³/mol. The number of halogens is 3. The van der Waals surface area contributed by atoms with Crippen LogP contribution in [0.4, 0.5) is 5.69 Å². The van der Waals surface area contributed by atoms with Crippen molar-refractivity contribution in [2.45, 2.75) is 20.0 Å². The van der Waals surface area contributed by atoms with E-state index in [0.29, 0.717) is 0 Å². The van der Waals surface area contributed by atoms with Crippen LogP contribution in [-0.2, 0) is 19.1 Å². The van der Waals surface area contributed by atoms with E-state index in [9.17, 15) is 24.3 Å². The molecule has 0 saturated carbocycles. The van der Waals surface area contributed by atoms with Crippen LogP contribution in [-0.4, -0.2) is 35.1 Å². The standard InChI is InChI=1S/C13H10I3NO7/c1-3(23-4(2)18)12(21)24-13(22)6-7(14)5(11(19)20)8(15)10(17)9(6)16/h3H,17H2,1-2H3,(H,19,20). The third-order valence-corrected chi connectivity index (χ3v) is 5.96. The first kappa shape index (κ1) is 21.3. The maximum Gasteiger partial charge on any atom is 0.355 e. The van der Waals surface area contributed by atoms with Crippen LogP contribution in [0.15, 0.2) is 0 Å². The second kappa shape index (κ2) is 8.59. The summed E-state index contributed by atoms with van der Waals surface area (Å²) in [5.74, 6) is -4.11. The molecule has 11 heteroatoms. The highest BCUT2D eigenvalue weighted by molar-refractivity contribution is 14.1. The highest BCUT2D eigenvalue weighted by Crippen LogP contribution is 2.34. The van der Waals surface area contributed by atoms with E-state index in [2.05, 4.69) is 9.47 Å². The van der Waals surface area contributed by atoms with Gasteiger partial charge in [-0.2, -0.15) is 0 Å². The zero-order valence-electron chi connectivity index (χ0n) is 12.2. The average molecular weight is 673 g/mol. The number of ether oxygens (including phenoxy) is 2. The molecule has 1 aromatic rings. The van der Waals surface area contributed by atoms with Gasteiger partial charge in [-0.05, 0) is 74.7 Å². The number of hydrogen-bond acceptors (Lipinski definition) is 7. The molecular formula is C13H10I3NO7. The summed E-state index contributed by atoms with van der Waals surface area (Å²) >= 11 is 5.22. The summed E-state index contributed by atoms with van der Waals surface area (Å²) in [6.45, 7) is 2.36. The number of carboxylic acid groups (broad SMARTS) is 1. The molecule has 0 spiro atoms. The molecule has 24 heavy (non-hydrogen) atoms. The van der Waals surface area contributed by atoms with Gasteiger partial charge in [0.25, 0.3) is 0 Å². The van der Waals surface area contributed by atoms with Gasteiger partial charge in [0, 0.05) is 10.5 Å². The van der Waals surface area contributed by atoms with E-state index in [0.717, 1.165) is 6.92 Å². The Morgan fingerprint density at radius 2 is 1.54 bits per heavy atom. The van der Waals surface area contributed by atoms with Gasteiger partial charge in [-0.15, -0.1) is 0 Å². The van der Waals surface area contributed by atoms with Crippen molar-refractivity contribution < 1.29 is 33.8 Å². The molecule has 0 amide bonds. The molecule has 1 atom stereocenters. The summed E-state index contributed by atoms with van der Waals surface area (Å²) in [7, 11) is 0. The molecule has 0 radical (unpaired) electrons. The van der Waals surface area contributed by atoms with Crippen LogP contribution < -0.4 is 5.73 Å². The van der Waals surface area contributed by atoms with E-state index in [1.165, 1.54) is 6.92 Å². The van der Waals surface area contributed by atoms with E-state index >= 15 is 0 Å². The molecule has 1 aromatic carbocycles. The number of carboxylic acids is 1. The van der Waals surface area contributed by atoms with Crippen LogP contribution in [0.25, 0.3) is 0 Å². The van der Waals surface area contributed by atoms with Gasteiger partial charge < -0.3 is 20.3 Å². The Labute approximate surface area is 177 Å². The topological polar surface area (TPSA) is 133 Å². The van der Waals surface area contributed by atoms with Gasteiger partial charge in [0.15, 0.2) is 6.10 Å². The summed E-state index contributed by atoms with van der Waals surface area (Å²) in [5, 5.41) is 9.29. The second-order valence-electron chi connectivity index (χ2n) is 4.37. The fourth-order valence-corrected chi connectivity index (χ4v) is 5.64. The predicted octanol–water partition coefficient (Wildman–Crippen LogP) is 2.42. The molecule has 0 aliphatic carbocycles. The molecule has 3 N–H and O–H groups in total. The molecule has 0 fully saturated rings. The molecule has 0 aliphatic rings. The Kier molecular flexibility index (Phi) is 7.64. The first-order valence-electron chi connectivity index (χ1n) is 6.11. The number of aromatic carboxylic acids is 1. The highest BCUT2D eigenvalue weighted by atomic mass is 127. The minimum absolute atomic E-state index is 0.0982. The van der Waals surface area contributed by atoms with E-state index in [-0.39, 0.29) is 27.5 Å². The first-order chi connectivity index (χ1) is 11.0. The summed E-state index contributed by atoms with van der Waals surface area (Å²) < 4.78 is 9.95. The highest BCUT2D eigenvalue weighted by Gasteiger charge is 2.30. The molecule has 0 aliphatic heterocycles. The molecule has 0 bridgehead atoms. The van der Waals surface area contributed by atoms with Crippen molar-refractivity contribution >= 4 is 97.3 Å². The molecule has 0 heterocycles. The maximum atomic E-state index is 12.3. The Bertz CT molecular complexity index is 748. The molecule has 130 valence electrons. The first-order valence-corrected chi connectivity index (χ1v) is 9.35. The fraction of sp³-hybridized carbons (Fsp3) is 0.231. The third-order valence-electron chi connectivity index (χ3n) is 2.64. The lowest BCUT2D eigenvalue weighted by Crippen LogP contribution is -2.28. The number of rotatable bonds is 4. The SMILES string of the molecule is CC(=O)OC(C)C(=O)OC(=O)c1c(I)c(N)c(I)c(C(=O)O)c1I. The van der Waals surface area contributed by atoms with Crippen LogP contribution >= 0.6 is 67.8 Å². The number of esters is 3. The van der Waals surface area contributed by atoms with Crippen LogP contribution in [0.3, 0.4) is 0 Å². The Morgan fingerprint density at radius 1 is 1.04 bits per heavy atom. The van der Waals surface area contributed by atoms with Crippen molar-refractivity contribution in [3.63, 3.8) is 0 Å². The van der Waals surface area contributed by atoms with E-state index in [1.807, 2.05) is 0 Å². The quantitative estimate of drug-likeness (QED) is 0.216. The van der Waals surface area contributed by atoms with E-state index < -0.39 is 30.0 Å². The minimum Gasteiger partial charge on any atom is -0.478 e. The van der Waals surface area contributed by atoms with E-state index in [4.69, 9.17) is 5.73 Å². The van der Waals surface area contributed by atoms with Crippen LogP contribution in [0.2, 0.25) is 0 Å². The Balaban J connectivity index is 3.27. The van der Waals surface area contributed by atoms with Crippen molar-refractivity contribution in [1.82, 2.24) is 0 Å². The van der Waals surface area contributed by atoms with Gasteiger partial charge in [-0.3, -0.25) is 4.79 Å². The average Bonchev–Trinajstić information content (AvgIpc) is 2.43. The molecule has 0 aromatic heterocycles. The zero-order valence-corrected chi connectivity index (χ0v) is 18.7. The summed E-state index contributed by atoms with van der Waals surface area (Å²) in [4.78, 5) is 46.3. The third kappa shape index (κ3) is 4.68. The lowest BCUT2D eigenvalue weighted by Gasteiger charge is -2.15. The number of nitrogens with two attached hydrogens (primary N) is 1. The van der Waals surface area contributed by atoms with Gasteiger partial charge in [-0.1, -0.05) is 0 Å². The number of carbonyl (C=O) groups is 4. The summed E-state index contributed by atoms with van der Waals surface area (Å²) in [5.41, 5.74) is 5.66. The molecule has 1 rings (SSSR count). The molecule has 1 unspecified atom stereocenters. The second-order valence-corrected chi connectivity index (χ2v) is 7.61. The normalized spacial score (nSPS) is 11.5. The van der Waals surface area contributed by atoms with Gasteiger partial charge >= 0.3 is 23.9 Å². The number of nitrogen functional groups attached to an aromatic ring is 1. The van der Waals surface area contributed by atoms with Gasteiger partial charge in [-0.25, -0.2) is 14.4 Å². The molecule has 8 nitrogen and oxygen atoms in total. The fourth-order valence-electron chi connectivity index (χ4n) is 1.57. The van der Waals surface area contributed by atoms with Crippen molar-refractivity contribution in [3.8, 4) is 0 Å². The van der Waals surface area contributed by atoms with Crippen molar-refractivity contribution in [2.24, 2.45) is 0 Å². The minimum atomic E-state index is -1.28. The molecular weight excluding hydrogens is 663 g/mol. The van der Waals surface area contributed by atoms with Gasteiger partial charge in [0.05, 0.1) is 24.0 Å².